The number of nitrogens with zero attached hydrogens (tertiary/aromatic N) is 1. The lowest BCUT2D eigenvalue weighted by Gasteiger charge is -2.35. The number of aliphatic hydroxyl groups is 1. The molecule has 3 nitrogen and oxygen atoms in total. The standard InChI is InChI=1S/C15H23ClN2O/c1-11(17)13-4-5-15(14(16)9-13)18-7-2-3-12(10-18)6-8-19/h4-5,9,11-12,19H,2-3,6-8,10,17H2,1H3/t11-,12?/m1/s1. The van der Waals surface area contributed by atoms with Gasteiger partial charge in [0.15, 0.2) is 0 Å². The van der Waals surface area contributed by atoms with Gasteiger partial charge in [-0.1, -0.05) is 17.7 Å². The van der Waals surface area contributed by atoms with E-state index in [2.05, 4.69) is 17.0 Å². The predicted octanol–water partition coefficient (Wildman–Crippen LogP) is 2.96. The Bertz CT molecular complexity index is 421. The average molecular weight is 283 g/mol. The Labute approximate surface area is 120 Å². The number of hydrogen-bond acceptors (Lipinski definition) is 3. The van der Waals surface area contributed by atoms with E-state index >= 15 is 0 Å². The summed E-state index contributed by atoms with van der Waals surface area (Å²) in [6, 6.07) is 6.11. The zero-order valence-corrected chi connectivity index (χ0v) is 12.2. The van der Waals surface area contributed by atoms with Crippen molar-refractivity contribution in [2.24, 2.45) is 11.7 Å². The molecular weight excluding hydrogens is 260 g/mol. The highest BCUT2D eigenvalue weighted by atomic mass is 35.5. The molecule has 0 saturated carbocycles. The molecule has 3 N–H and O–H groups in total. The number of rotatable bonds is 4. The fourth-order valence-corrected chi connectivity index (χ4v) is 3.07. The Kier molecular flexibility index (Phi) is 5.08. The Morgan fingerprint density at radius 3 is 2.95 bits per heavy atom. The van der Waals surface area contributed by atoms with Crippen molar-refractivity contribution >= 4 is 17.3 Å². The van der Waals surface area contributed by atoms with Crippen molar-refractivity contribution in [3.05, 3.63) is 28.8 Å². The second kappa shape index (κ2) is 6.60. The third-order valence-electron chi connectivity index (χ3n) is 3.89. The summed E-state index contributed by atoms with van der Waals surface area (Å²) in [6.45, 7) is 4.26. The largest absolute Gasteiger partial charge is 0.396 e. The average Bonchev–Trinajstić information content (AvgIpc) is 2.39. The number of benzene rings is 1. The van der Waals surface area contributed by atoms with Gasteiger partial charge in [0.05, 0.1) is 10.7 Å². The minimum atomic E-state index is 0.00930. The van der Waals surface area contributed by atoms with Gasteiger partial charge in [-0.2, -0.15) is 0 Å². The SMILES string of the molecule is C[C@@H](N)c1ccc(N2CCCC(CCO)C2)c(Cl)c1. The molecule has 2 atom stereocenters. The van der Waals surface area contributed by atoms with Crippen LogP contribution in [0.25, 0.3) is 0 Å². The van der Waals surface area contributed by atoms with E-state index < -0.39 is 0 Å². The summed E-state index contributed by atoms with van der Waals surface area (Å²) in [6.07, 6.45) is 3.24. The van der Waals surface area contributed by atoms with Crippen molar-refractivity contribution in [1.82, 2.24) is 0 Å². The van der Waals surface area contributed by atoms with Gasteiger partial charge < -0.3 is 15.7 Å². The quantitative estimate of drug-likeness (QED) is 0.893. The second-order valence-corrected chi connectivity index (χ2v) is 5.87. The van der Waals surface area contributed by atoms with Crippen LogP contribution in [0.1, 0.15) is 37.8 Å². The van der Waals surface area contributed by atoms with E-state index in [0.29, 0.717) is 5.92 Å². The minimum absolute atomic E-state index is 0.00930. The molecule has 2 rings (SSSR count). The maximum absolute atomic E-state index is 9.07. The lowest BCUT2D eigenvalue weighted by atomic mass is 9.94. The number of nitrogens with two attached hydrogens (primary N) is 1. The monoisotopic (exact) mass is 282 g/mol. The van der Waals surface area contributed by atoms with E-state index in [4.69, 9.17) is 22.4 Å². The molecular formula is C15H23ClN2O. The second-order valence-electron chi connectivity index (χ2n) is 5.47. The van der Waals surface area contributed by atoms with E-state index in [0.717, 1.165) is 42.2 Å². The van der Waals surface area contributed by atoms with Crippen LogP contribution in [0.15, 0.2) is 18.2 Å². The molecule has 0 amide bonds. The van der Waals surface area contributed by atoms with Gasteiger partial charge in [-0.15, -0.1) is 0 Å². The van der Waals surface area contributed by atoms with Crippen LogP contribution in [0.3, 0.4) is 0 Å². The molecule has 1 saturated heterocycles. The predicted molar refractivity (Wildman–Crippen MR) is 80.7 cm³/mol. The fraction of sp³-hybridized carbons (Fsp3) is 0.600. The number of piperidine rings is 1. The first-order valence-electron chi connectivity index (χ1n) is 7.02. The first-order valence-corrected chi connectivity index (χ1v) is 7.40. The Balaban J connectivity index is 2.12. The van der Waals surface area contributed by atoms with Crippen LogP contribution in [0.5, 0.6) is 0 Å². The van der Waals surface area contributed by atoms with Crippen molar-refractivity contribution in [2.45, 2.75) is 32.2 Å². The summed E-state index contributed by atoms with van der Waals surface area (Å²) >= 11 is 6.38. The molecule has 1 aliphatic rings. The summed E-state index contributed by atoms with van der Waals surface area (Å²) in [5.41, 5.74) is 8.03. The van der Waals surface area contributed by atoms with Crippen LogP contribution in [0, 0.1) is 5.92 Å². The normalized spacial score (nSPS) is 21.5. The van der Waals surface area contributed by atoms with Gasteiger partial charge in [-0.25, -0.2) is 0 Å². The van der Waals surface area contributed by atoms with Gasteiger partial charge in [-0.3, -0.25) is 0 Å². The summed E-state index contributed by atoms with van der Waals surface area (Å²) in [7, 11) is 0. The molecule has 0 aliphatic carbocycles. The van der Waals surface area contributed by atoms with Crippen LogP contribution in [-0.2, 0) is 0 Å². The minimum Gasteiger partial charge on any atom is -0.396 e. The third-order valence-corrected chi connectivity index (χ3v) is 4.20. The third kappa shape index (κ3) is 3.62. The van der Waals surface area contributed by atoms with E-state index in [1.807, 2.05) is 13.0 Å². The zero-order valence-electron chi connectivity index (χ0n) is 11.5. The lowest BCUT2D eigenvalue weighted by Crippen LogP contribution is -2.35. The molecule has 106 valence electrons. The summed E-state index contributed by atoms with van der Waals surface area (Å²) in [4.78, 5) is 2.33. The van der Waals surface area contributed by atoms with E-state index in [-0.39, 0.29) is 12.6 Å². The van der Waals surface area contributed by atoms with E-state index in [9.17, 15) is 0 Å². The topological polar surface area (TPSA) is 49.5 Å². The number of hydrogen-bond donors (Lipinski definition) is 2. The molecule has 0 bridgehead atoms. The van der Waals surface area contributed by atoms with Crippen LogP contribution in [0.2, 0.25) is 5.02 Å². The van der Waals surface area contributed by atoms with Gasteiger partial charge in [0.25, 0.3) is 0 Å². The Morgan fingerprint density at radius 1 is 1.53 bits per heavy atom. The maximum Gasteiger partial charge on any atom is 0.0642 e. The van der Waals surface area contributed by atoms with Gasteiger partial charge in [0.1, 0.15) is 0 Å². The smallest absolute Gasteiger partial charge is 0.0642 e. The Hall–Kier alpha value is -0.770. The van der Waals surface area contributed by atoms with Gasteiger partial charge in [0.2, 0.25) is 0 Å². The van der Waals surface area contributed by atoms with Gasteiger partial charge in [0, 0.05) is 25.7 Å². The molecule has 0 radical (unpaired) electrons. The van der Waals surface area contributed by atoms with Crippen molar-refractivity contribution in [3.63, 3.8) is 0 Å². The van der Waals surface area contributed by atoms with E-state index in [1.165, 1.54) is 6.42 Å². The molecule has 1 aromatic rings. The number of anilines is 1. The number of halogens is 1. The van der Waals surface area contributed by atoms with Crippen LogP contribution < -0.4 is 10.6 Å². The Morgan fingerprint density at radius 2 is 2.32 bits per heavy atom. The fourth-order valence-electron chi connectivity index (χ4n) is 2.76. The zero-order chi connectivity index (χ0) is 13.8. The molecule has 1 fully saturated rings. The molecule has 0 aromatic heterocycles. The first-order chi connectivity index (χ1) is 9.11. The maximum atomic E-state index is 9.07. The molecule has 1 heterocycles. The molecule has 1 aliphatic heterocycles. The molecule has 0 spiro atoms. The van der Waals surface area contributed by atoms with Crippen LogP contribution >= 0.6 is 11.6 Å². The summed E-state index contributed by atoms with van der Waals surface area (Å²) < 4.78 is 0. The highest BCUT2D eigenvalue weighted by Crippen LogP contribution is 2.32. The van der Waals surface area contributed by atoms with Gasteiger partial charge >= 0.3 is 0 Å². The lowest BCUT2D eigenvalue weighted by molar-refractivity contribution is 0.244. The highest BCUT2D eigenvalue weighted by Gasteiger charge is 2.21. The van der Waals surface area contributed by atoms with Crippen LogP contribution in [-0.4, -0.2) is 24.8 Å². The number of aliphatic hydroxyl groups excluding tert-OH is 1. The molecule has 4 heteroatoms. The summed E-state index contributed by atoms with van der Waals surface area (Å²) in [5.74, 6) is 0.572. The van der Waals surface area contributed by atoms with Gasteiger partial charge in [-0.05, 0) is 49.8 Å². The first kappa shape index (κ1) is 14.6. The molecule has 1 unspecified atom stereocenters. The summed E-state index contributed by atoms with van der Waals surface area (Å²) in [5, 5.41) is 9.85. The highest BCUT2D eigenvalue weighted by molar-refractivity contribution is 6.33. The van der Waals surface area contributed by atoms with Crippen molar-refractivity contribution in [3.8, 4) is 0 Å². The molecule has 1 aromatic carbocycles. The van der Waals surface area contributed by atoms with Crippen molar-refractivity contribution in [1.29, 1.82) is 0 Å². The van der Waals surface area contributed by atoms with E-state index in [1.54, 1.807) is 0 Å². The van der Waals surface area contributed by atoms with Crippen molar-refractivity contribution < 1.29 is 5.11 Å². The van der Waals surface area contributed by atoms with Crippen molar-refractivity contribution in [2.75, 3.05) is 24.6 Å². The molecule has 19 heavy (non-hydrogen) atoms. The van der Waals surface area contributed by atoms with Crippen LogP contribution in [0.4, 0.5) is 5.69 Å².